The standard InChI is InChI=1S/C11H23N3O2S/c1-11-5-3-4-6-14(11)17(15,16)13-9-7-12(2)8-10-13/h11H,3-10H2,1-2H3. The normalized spacial score (nSPS) is 30.6. The van der Waals surface area contributed by atoms with Crippen molar-refractivity contribution < 1.29 is 8.42 Å². The van der Waals surface area contributed by atoms with Gasteiger partial charge in [-0.05, 0) is 26.8 Å². The molecule has 17 heavy (non-hydrogen) atoms. The molecule has 6 heteroatoms. The smallest absolute Gasteiger partial charge is 0.282 e. The molecule has 2 aliphatic heterocycles. The molecule has 0 aliphatic carbocycles. The molecule has 0 spiro atoms. The lowest BCUT2D eigenvalue weighted by Gasteiger charge is -2.39. The molecule has 2 rings (SSSR count). The Labute approximate surface area is 105 Å². The highest BCUT2D eigenvalue weighted by atomic mass is 32.2. The van der Waals surface area contributed by atoms with Crippen molar-refractivity contribution in [3.8, 4) is 0 Å². The van der Waals surface area contributed by atoms with Gasteiger partial charge in [0.25, 0.3) is 10.2 Å². The lowest BCUT2D eigenvalue weighted by atomic mass is 10.1. The fourth-order valence-electron chi connectivity index (χ4n) is 2.58. The predicted molar refractivity (Wildman–Crippen MR) is 68.0 cm³/mol. The number of piperidine rings is 1. The third-order valence-electron chi connectivity index (χ3n) is 3.83. The van der Waals surface area contributed by atoms with Gasteiger partial charge in [0.1, 0.15) is 0 Å². The molecular formula is C11H23N3O2S. The van der Waals surface area contributed by atoms with Crippen LogP contribution in [0.3, 0.4) is 0 Å². The van der Waals surface area contributed by atoms with Crippen LogP contribution in [0.1, 0.15) is 26.2 Å². The molecule has 0 N–H and O–H groups in total. The summed E-state index contributed by atoms with van der Waals surface area (Å²) in [6.07, 6.45) is 3.14. The van der Waals surface area contributed by atoms with Crippen LogP contribution in [0.5, 0.6) is 0 Å². The Kier molecular flexibility index (Phi) is 4.07. The lowest BCUT2D eigenvalue weighted by molar-refractivity contribution is 0.195. The molecule has 2 saturated heterocycles. The Morgan fingerprint density at radius 1 is 1.00 bits per heavy atom. The molecule has 0 bridgehead atoms. The Bertz CT molecular complexity index is 350. The van der Waals surface area contributed by atoms with Crippen LogP contribution in [0.4, 0.5) is 0 Å². The second-order valence-corrected chi connectivity index (χ2v) is 7.05. The van der Waals surface area contributed by atoms with Crippen LogP contribution in [-0.4, -0.2) is 67.7 Å². The van der Waals surface area contributed by atoms with Crippen molar-refractivity contribution in [2.45, 2.75) is 32.2 Å². The third kappa shape index (κ3) is 2.81. The molecule has 100 valence electrons. The maximum Gasteiger partial charge on any atom is 0.282 e. The molecule has 0 aromatic heterocycles. The zero-order valence-corrected chi connectivity index (χ0v) is 11.6. The fraction of sp³-hybridized carbons (Fsp3) is 1.00. The van der Waals surface area contributed by atoms with Gasteiger partial charge in [-0.25, -0.2) is 0 Å². The van der Waals surface area contributed by atoms with Gasteiger partial charge in [0.15, 0.2) is 0 Å². The van der Waals surface area contributed by atoms with Crippen molar-refractivity contribution in [2.75, 3.05) is 39.8 Å². The van der Waals surface area contributed by atoms with Gasteiger partial charge in [-0.15, -0.1) is 0 Å². The molecule has 2 fully saturated rings. The van der Waals surface area contributed by atoms with Gasteiger partial charge < -0.3 is 4.90 Å². The summed E-state index contributed by atoms with van der Waals surface area (Å²) in [7, 11) is -1.18. The number of likely N-dealkylation sites (N-methyl/N-ethyl adjacent to an activating group) is 1. The molecule has 5 nitrogen and oxygen atoms in total. The Hall–Kier alpha value is -0.170. The van der Waals surface area contributed by atoms with E-state index >= 15 is 0 Å². The minimum atomic E-state index is -3.22. The second kappa shape index (κ2) is 5.22. The van der Waals surface area contributed by atoms with Gasteiger partial charge >= 0.3 is 0 Å². The van der Waals surface area contributed by atoms with E-state index in [4.69, 9.17) is 0 Å². The average molecular weight is 261 g/mol. The van der Waals surface area contributed by atoms with E-state index in [0.717, 1.165) is 32.4 Å². The number of hydrogen-bond acceptors (Lipinski definition) is 3. The first-order valence-corrected chi connectivity index (χ1v) is 7.87. The largest absolute Gasteiger partial charge is 0.304 e. The van der Waals surface area contributed by atoms with Gasteiger partial charge in [0, 0.05) is 38.8 Å². The number of nitrogens with zero attached hydrogens (tertiary/aromatic N) is 3. The third-order valence-corrected chi connectivity index (χ3v) is 5.98. The van der Waals surface area contributed by atoms with Crippen molar-refractivity contribution >= 4 is 10.2 Å². The molecule has 0 aromatic carbocycles. The minimum Gasteiger partial charge on any atom is -0.304 e. The number of rotatable bonds is 2. The number of piperazine rings is 1. The van der Waals surface area contributed by atoms with Crippen molar-refractivity contribution in [3.05, 3.63) is 0 Å². The monoisotopic (exact) mass is 261 g/mol. The van der Waals surface area contributed by atoms with E-state index < -0.39 is 10.2 Å². The van der Waals surface area contributed by atoms with Gasteiger partial charge in [0.2, 0.25) is 0 Å². The van der Waals surface area contributed by atoms with Crippen LogP contribution in [-0.2, 0) is 10.2 Å². The maximum absolute atomic E-state index is 12.5. The van der Waals surface area contributed by atoms with Gasteiger partial charge in [-0.2, -0.15) is 17.0 Å². The Morgan fingerprint density at radius 2 is 1.65 bits per heavy atom. The fourth-order valence-corrected chi connectivity index (χ4v) is 4.42. The molecule has 0 radical (unpaired) electrons. The molecule has 0 aromatic rings. The van der Waals surface area contributed by atoms with Crippen molar-refractivity contribution in [3.63, 3.8) is 0 Å². The Morgan fingerprint density at radius 3 is 2.24 bits per heavy atom. The van der Waals surface area contributed by atoms with Crippen molar-refractivity contribution in [1.29, 1.82) is 0 Å². The van der Waals surface area contributed by atoms with E-state index in [2.05, 4.69) is 4.90 Å². The predicted octanol–water partition coefficient (Wildman–Crippen LogP) is 0.353. The van der Waals surface area contributed by atoms with Crippen LogP contribution in [0.15, 0.2) is 0 Å². The summed E-state index contributed by atoms with van der Waals surface area (Å²) >= 11 is 0. The van der Waals surface area contributed by atoms with E-state index in [-0.39, 0.29) is 6.04 Å². The van der Waals surface area contributed by atoms with Gasteiger partial charge in [0.05, 0.1) is 0 Å². The molecule has 2 heterocycles. The zero-order valence-electron chi connectivity index (χ0n) is 10.8. The molecule has 2 aliphatic rings. The van der Waals surface area contributed by atoms with Crippen LogP contribution < -0.4 is 0 Å². The van der Waals surface area contributed by atoms with E-state index in [1.165, 1.54) is 0 Å². The summed E-state index contributed by atoms with van der Waals surface area (Å²) in [5.74, 6) is 0. The summed E-state index contributed by atoms with van der Waals surface area (Å²) in [5, 5.41) is 0. The summed E-state index contributed by atoms with van der Waals surface area (Å²) < 4.78 is 28.3. The highest BCUT2D eigenvalue weighted by Crippen LogP contribution is 2.22. The van der Waals surface area contributed by atoms with Crippen molar-refractivity contribution in [1.82, 2.24) is 13.5 Å². The van der Waals surface area contributed by atoms with Crippen LogP contribution in [0.2, 0.25) is 0 Å². The Balaban J connectivity index is 2.07. The zero-order chi connectivity index (χ0) is 12.5. The summed E-state index contributed by atoms with van der Waals surface area (Å²) in [5.41, 5.74) is 0. The van der Waals surface area contributed by atoms with Crippen LogP contribution >= 0.6 is 0 Å². The minimum absolute atomic E-state index is 0.161. The van der Waals surface area contributed by atoms with Gasteiger partial charge in [-0.3, -0.25) is 0 Å². The molecular weight excluding hydrogens is 238 g/mol. The molecule has 0 saturated carbocycles. The van der Waals surface area contributed by atoms with Crippen LogP contribution in [0.25, 0.3) is 0 Å². The van der Waals surface area contributed by atoms with E-state index in [0.29, 0.717) is 19.6 Å². The van der Waals surface area contributed by atoms with E-state index in [1.54, 1.807) is 8.61 Å². The van der Waals surface area contributed by atoms with Crippen LogP contribution in [0, 0.1) is 0 Å². The molecule has 1 unspecified atom stereocenters. The lowest BCUT2D eigenvalue weighted by Crippen LogP contribution is -2.54. The molecule has 0 amide bonds. The first kappa shape index (κ1) is 13.3. The highest BCUT2D eigenvalue weighted by molar-refractivity contribution is 7.86. The van der Waals surface area contributed by atoms with E-state index in [9.17, 15) is 8.42 Å². The number of hydrogen-bond donors (Lipinski definition) is 0. The summed E-state index contributed by atoms with van der Waals surface area (Å²) in [6.45, 7) is 5.63. The average Bonchev–Trinajstić information content (AvgIpc) is 2.30. The highest BCUT2D eigenvalue weighted by Gasteiger charge is 2.35. The SMILES string of the molecule is CC1CCCCN1S(=O)(=O)N1CCN(C)CC1. The quantitative estimate of drug-likeness (QED) is 0.720. The van der Waals surface area contributed by atoms with Crippen molar-refractivity contribution in [2.24, 2.45) is 0 Å². The van der Waals surface area contributed by atoms with E-state index in [1.807, 2.05) is 14.0 Å². The molecule has 1 atom stereocenters. The summed E-state index contributed by atoms with van der Waals surface area (Å²) in [4.78, 5) is 2.17. The summed E-state index contributed by atoms with van der Waals surface area (Å²) in [6, 6.07) is 0.161. The first-order chi connectivity index (χ1) is 8.01. The maximum atomic E-state index is 12.5. The second-order valence-electron chi connectivity index (χ2n) is 5.17. The first-order valence-electron chi connectivity index (χ1n) is 6.47. The topological polar surface area (TPSA) is 43.9 Å². The van der Waals surface area contributed by atoms with Gasteiger partial charge in [-0.1, -0.05) is 6.42 Å².